The number of nitrogens with zero attached hydrogens (tertiary/aromatic N) is 4. The number of carbonyl (C=O) groups is 2. The van der Waals surface area contributed by atoms with Gasteiger partial charge >= 0.3 is 6.03 Å². The third-order valence-corrected chi connectivity index (χ3v) is 5.87. The second kappa shape index (κ2) is 8.34. The lowest BCUT2D eigenvalue weighted by Gasteiger charge is -2.42. The number of urea groups is 1. The minimum absolute atomic E-state index is 0.106. The predicted octanol–water partition coefficient (Wildman–Crippen LogP) is 2.12. The van der Waals surface area contributed by atoms with Crippen LogP contribution in [-0.4, -0.2) is 70.5 Å². The Morgan fingerprint density at radius 1 is 1.17 bits per heavy atom. The molecule has 2 aliphatic rings. The van der Waals surface area contributed by atoms with E-state index in [1.165, 1.54) is 4.90 Å². The summed E-state index contributed by atoms with van der Waals surface area (Å²) in [6.45, 7) is 3.33. The number of carbonyl (C=O) groups excluding carboxylic acids is 2. The van der Waals surface area contributed by atoms with Crippen molar-refractivity contribution in [2.75, 3.05) is 33.4 Å². The number of imide groups is 1. The lowest BCUT2D eigenvalue weighted by Crippen LogP contribution is -2.57. The van der Waals surface area contributed by atoms with Gasteiger partial charge in [0, 0.05) is 51.2 Å². The Balaban J connectivity index is 1.52. The molecule has 8 heteroatoms. The maximum atomic E-state index is 13.5. The van der Waals surface area contributed by atoms with Gasteiger partial charge < -0.3 is 14.1 Å². The Morgan fingerprint density at radius 3 is 2.66 bits per heavy atom. The minimum atomic E-state index is -0.787. The summed E-state index contributed by atoms with van der Waals surface area (Å²) in [6.07, 6.45) is 8.01. The lowest BCUT2D eigenvalue weighted by molar-refractivity contribution is -0.136. The minimum Gasteiger partial charge on any atom is -0.472 e. The van der Waals surface area contributed by atoms with Gasteiger partial charge in [-0.2, -0.15) is 0 Å². The molecule has 0 N–H and O–H groups in total. The fourth-order valence-electron chi connectivity index (χ4n) is 4.29. The van der Waals surface area contributed by atoms with E-state index in [0.717, 1.165) is 30.8 Å². The van der Waals surface area contributed by atoms with Gasteiger partial charge in [0.1, 0.15) is 5.54 Å². The summed E-state index contributed by atoms with van der Waals surface area (Å²) < 4.78 is 10.4. The first kappa shape index (κ1) is 19.6. The molecule has 0 aliphatic carbocycles. The van der Waals surface area contributed by atoms with Gasteiger partial charge in [-0.05, 0) is 30.5 Å². The molecule has 2 aromatic rings. The van der Waals surface area contributed by atoms with Crippen molar-refractivity contribution in [1.82, 2.24) is 19.7 Å². The zero-order valence-electron chi connectivity index (χ0n) is 16.6. The summed E-state index contributed by atoms with van der Waals surface area (Å²) in [5.41, 5.74) is 1.17. The lowest BCUT2D eigenvalue weighted by atomic mass is 9.85. The number of ether oxygens (including phenoxy) is 1. The molecule has 2 aromatic heterocycles. The molecule has 29 heavy (non-hydrogen) atoms. The van der Waals surface area contributed by atoms with E-state index in [0.29, 0.717) is 26.0 Å². The van der Waals surface area contributed by atoms with Gasteiger partial charge in [-0.1, -0.05) is 6.07 Å². The van der Waals surface area contributed by atoms with Gasteiger partial charge in [-0.15, -0.1) is 0 Å². The molecule has 4 rings (SSSR count). The molecule has 0 aromatic carbocycles. The monoisotopic (exact) mass is 398 g/mol. The Morgan fingerprint density at radius 2 is 2.00 bits per heavy atom. The second-order valence-electron chi connectivity index (χ2n) is 7.62. The van der Waals surface area contributed by atoms with E-state index in [9.17, 15) is 9.59 Å². The standard InChI is InChI=1S/C21H26N4O4/c1-28-12-10-25-20(27)24(15-17-3-2-7-22-13-17)19(26)21(25)5-8-23(9-6-21)14-18-4-11-29-16-18/h2-4,7,11,13,16H,5-6,8-10,12,14-15H2,1H3. The topological polar surface area (TPSA) is 79.1 Å². The van der Waals surface area contributed by atoms with Crippen LogP contribution in [0.3, 0.4) is 0 Å². The van der Waals surface area contributed by atoms with Crippen molar-refractivity contribution < 1.29 is 18.7 Å². The number of pyridine rings is 1. The summed E-state index contributed by atoms with van der Waals surface area (Å²) in [6, 6.07) is 5.41. The van der Waals surface area contributed by atoms with E-state index >= 15 is 0 Å². The number of aromatic nitrogens is 1. The Hall–Kier alpha value is -2.71. The van der Waals surface area contributed by atoms with Gasteiger partial charge in [-0.3, -0.25) is 19.6 Å². The summed E-state index contributed by atoms with van der Waals surface area (Å²) in [4.78, 5) is 36.1. The van der Waals surface area contributed by atoms with Crippen molar-refractivity contribution in [3.63, 3.8) is 0 Å². The van der Waals surface area contributed by atoms with Crippen LogP contribution in [0, 0.1) is 0 Å². The molecule has 0 unspecified atom stereocenters. The first-order valence-electron chi connectivity index (χ1n) is 9.89. The number of hydrogen-bond donors (Lipinski definition) is 0. The highest BCUT2D eigenvalue weighted by atomic mass is 16.5. The molecule has 0 radical (unpaired) electrons. The predicted molar refractivity (Wildman–Crippen MR) is 105 cm³/mol. The molecule has 0 saturated carbocycles. The highest BCUT2D eigenvalue weighted by Crippen LogP contribution is 2.38. The number of likely N-dealkylation sites (tertiary alicyclic amines) is 1. The van der Waals surface area contributed by atoms with Crippen LogP contribution in [0.2, 0.25) is 0 Å². The summed E-state index contributed by atoms with van der Waals surface area (Å²) in [7, 11) is 1.61. The van der Waals surface area contributed by atoms with Gasteiger partial charge in [0.25, 0.3) is 5.91 Å². The van der Waals surface area contributed by atoms with Crippen LogP contribution < -0.4 is 0 Å². The average Bonchev–Trinajstić information content (AvgIpc) is 3.32. The number of furan rings is 1. The zero-order chi connectivity index (χ0) is 20.3. The van der Waals surface area contributed by atoms with Crippen molar-refractivity contribution in [1.29, 1.82) is 0 Å². The maximum absolute atomic E-state index is 13.5. The molecular weight excluding hydrogens is 372 g/mol. The highest BCUT2D eigenvalue weighted by Gasteiger charge is 2.57. The smallest absolute Gasteiger partial charge is 0.328 e. The highest BCUT2D eigenvalue weighted by molar-refractivity contribution is 6.07. The first-order chi connectivity index (χ1) is 14.1. The van der Waals surface area contributed by atoms with E-state index in [1.54, 1.807) is 36.9 Å². The Labute approximate surface area is 170 Å². The summed E-state index contributed by atoms with van der Waals surface area (Å²) >= 11 is 0. The molecular formula is C21H26N4O4. The molecule has 2 fully saturated rings. The van der Waals surface area contributed by atoms with Crippen LogP contribution in [0.25, 0.3) is 0 Å². The van der Waals surface area contributed by atoms with Gasteiger partial charge in [0.2, 0.25) is 0 Å². The molecule has 3 amide bonds. The summed E-state index contributed by atoms with van der Waals surface area (Å²) in [5, 5.41) is 0. The molecule has 2 aliphatic heterocycles. The molecule has 8 nitrogen and oxygen atoms in total. The number of amides is 3. The number of piperidine rings is 1. The summed E-state index contributed by atoms with van der Waals surface area (Å²) in [5.74, 6) is -0.106. The van der Waals surface area contributed by atoms with E-state index in [2.05, 4.69) is 9.88 Å². The molecule has 2 saturated heterocycles. The maximum Gasteiger partial charge on any atom is 0.328 e. The SMILES string of the molecule is COCCN1C(=O)N(Cc2cccnc2)C(=O)C12CCN(Cc1ccoc1)CC2. The average molecular weight is 398 g/mol. The van der Waals surface area contributed by atoms with Crippen LogP contribution in [0.15, 0.2) is 47.5 Å². The molecule has 0 bridgehead atoms. The normalized spacial score (nSPS) is 19.5. The van der Waals surface area contributed by atoms with Gasteiger partial charge in [-0.25, -0.2) is 4.79 Å². The van der Waals surface area contributed by atoms with Gasteiger partial charge in [0.15, 0.2) is 0 Å². The second-order valence-corrected chi connectivity index (χ2v) is 7.62. The van der Waals surface area contributed by atoms with Crippen LogP contribution in [0.1, 0.15) is 24.0 Å². The number of hydrogen-bond acceptors (Lipinski definition) is 6. The largest absolute Gasteiger partial charge is 0.472 e. The van der Waals surface area contributed by atoms with E-state index in [4.69, 9.17) is 9.15 Å². The molecule has 4 heterocycles. The van der Waals surface area contributed by atoms with Crippen LogP contribution in [0.5, 0.6) is 0 Å². The van der Waals surface area contributed by atoms with E-state index in [1.807, 2.05) is 18.2 Å². The van der Waals surface area contributed by atoms with Crippen LogP contribution in [0.4, 0.5) is 4.79 Å². The van der Waals surface area contributed by atoms with Crippen molar-refractivity contribution in [2.45, 2.75) is 31.5 Å². The van der Waals surface area contributed by atoms with E-state index in [-0.39, 0.29) is 18.5 Å². The Bertz CT molecular complexity index is 832. The number of rotatable bonds is 7. The first-order valence-corrected chi connectivity index (χ1v) is 9.89. The zero-order valence-corrected chi connectivity index (χ0v) is 16.6. The van der Waals surface area contributed by atoms with Gasteiger partial charge in [0.05, 0.1) is 25.7 Å². The van der Waals surface area contributed by atoms with Crippen molar-refractivity contribution >= 4 is 11.9 Å². The van der Waals surface area contributed by atoms with Crippen molar-refractivity contribution in [3.05, 3.63) is 54.2 Å². The molecule has 1 spiro atoms. The fourth-order valence-corrected chi connectivity index (χ4v) is 4.29. The van der Waals surface area contributed by atoms with E-state index < -0.39 is 5.54 Å². The van der Waals surface area contributed by atoms with Crippen LogP contribution >= 0.6 is 0 Å². The molecule has 0 atom stereocenters. The fraction of sp³-hybridized carbons (Fsp3) is 0.476. The van der Waals surface area contributed by atoms with Crippen molar-refractivity contribution in [3.8, 4) is 0 Å². The number of methoxy groups -OCH3 is 1. The Kier molecular flexibility index (Phi) is 5.64. The van der Waals surface area contributed by atoms with Crippen LogP contribution in [-0.2, 0) is 22.6 Å². The third kappa shape index (κ3) is 3.77. The third-order valence-electron chi connectivity index (χ3n) is 5.87. The molecule has 154 valence electrons. The quantitative estimate of drug-likeness (QED) is 0.665. The van der Waals surface area contributed by atoms with Crippen molar-refractivity contribution in [2.24, 2.45) is 0 Å².